The second-order valence-electron chi connectivity index (χ2n) is 3.32. The number of alkyl halides is 3. The van der Waals surface area contributed by atoms with Gasteiger partial charge in [0.25, 0.3) is 0 Å². The van der Waals surface area contributed by atoms with Gasteiger partial charge in [-0.1, -0.05) is 0 Å². The molecule has 1 aliphatic rings. The summed E-state index contributed by atoms with van der Waals surface area (Å²) in [5, 5.41) is 4.09. The first-order valence-electron chi connectivity index (χ1n) is 4.54. The van der Waals surface area contributed by atoms with E-state index < -0.39 is 12.1 Å². The van der Waals surface area contributed by atoms with Crippen LogP contribution in [0.1, 0.15) is 12.8 Å². The van der Waals surface area contributed by atoms with Crippen molar-refractivity contribution in [1.82, 2.24) is 10.6 Å². The van der Waals surface area contributed by atoms with Gasteiger partial charge in [-0.05, 0) is 12.8 Å². The number of hydrogen-bond acceptors (Lipinski definition) is 2. The Kier molecular flexibility index (Phi) is 3.54. The molecule has 15 heavy (non-hydrogen) atoms. The average Bonchev–Trinajstić information content (AvgIpc) is 2.92. The molecule has 1 rings (SSSR count). The van der Waals surface area contributed by atoms with Crippen molar-refractivity contribution in [3.8, 4) is 0 Å². The van der Waals surface area contributed by atoms with Crippen LogP contribution in [0.4, 0.5) is 13.2 Å². The Morgan fingerprint density at radius 1 is 1.13 bits per heavy atom. The fraction of sp³-hybridized carbons (Fsp3) is 0.750. The molecule has 0 radical (unpaired) electrons. The van der Waals surface area contributed by atoms with Crippen molar-refractivity contribution in [3.63, 3.8) is 0 Å². The fourth-order valence-electron chi connectivity index (χ4n) is 0.952. The zero-order chi connectivity index (χ0) is 11.5. The topological polar surface area (TPSA) is 58.2 Å². The second-order valence-corrected chi connectivity index (χ2v) is 3.32. The monoisotopic (exact) mass is 224 g/mol. The molecule has 1 fully saturated rings. The number of halogens is 3. The quantitative estimate of drug-likeness (QED) is 0.670. The van der Waals surface area contributed by atoms with Crippen LogP contribution in [-0.2, 0) is 9.59 Å². The van der Waals surface area contributed by atoms with Crippen LogP contribution in [0.3, 0.4) is 0 Å². The molecule has 0 aliphatic heterocycles. The summed E-state index contributed by atoms with van der Waals surface area (Å²) in [5.41, 5.74) is 0. The SMILES string of the molecule is O=C(NCCNC(=O)C(F)(F)F)C1CC1. The molecule has 86 valence electrons. The third kappa shape index (κ3) is 4.18. The van der Waals surface area contributed by atoms with E-state index in [9.17, 15) is 22.8 Å². The van der Waals surface area contributed by atoms with Gasteiger partial charge in [0.15, 0.2) is 0 Å². The van der Waals surface area contributed by atoms with Gasteiger partial charge in [0.1, 0.15) is 0 Å². The maximum Gasteiger partial charge on any atom is 0.471 e. The van der Waals surface area contributed by atoms with Gasteiger partial charge in [-0.25, -0.2) is 0 Å². The van der Waals surface area contributed by atoms with Crippen molar-refractivity contribution in [2.45, 2.75) is 19.0 Å². The van der Waals surface area contributed by atoms with Gasteiger partial charge in [0.05, 0.1) is 0 Å². The van der Waals surface area contributed by atoms with Gasteiger partial charge in [0, 0.05) is 19.0 Å². The standard InChI is InChI=1S/C8H11F3N2O2/c9-8(10,11)7(15)13-4-3-12-6(14)5-1-2-5/h5H,1-4H2,(H,12,14)(H,13,15). The summed E-state index contributed by atoms with van der Waals surface area (Å²) >= 11 is 0. The zero-order valence-corrected chi connectivity index (χ0v) is 7.86. The summed E-state index contributed by atoms with van der Waals surface area (Å²) in [6, 6.07) is 0. The second kappa shape index (κ2) is 4.50. The van der Waals surface area contributed by atoms with Crippen LogP contribution in [0.2, 0.25) is 0 Å². The maximum atomic E-state index is 11.7. The van der Waals surface area contributed by atoms with E-state index in [4.69, 9.17) is 0 Å². The molecule has 0 bridgehead atoms. The summed E-state index contributed by atoms with van der Waals surface area (Å²) in [7, 11) is 0. The number of nitrogens with one attached hydrogen (secondary N) is 2. The molecule has 0 aromatic heterocycles. The first-order chi connectivity index (χ1) is 6.91. The molecule has 1 saturated carbocycles. The predicted molar refractivity (Wildman–Crippen MR) is 44.8 cm³/mol. The Bertz CT molecular complexity index is 261. The van der Waals surface area contributed by atoms with Gasteiger partial charge in [-0.3, -0.25) is 9.59 Å². The number of carbonyl (C=O) groups is 2. The van der Waals surface area contributed by atoms with Gasteiger partial charge in [-0.2, -0.15) is 13.2 Å². The van der Waals surface area contributed by atoms with Crippen molar-refractivity contribution in [2.75, 3.05) is 13.1 Å². The van der Waals surface area contributed by atoms with Crippen molar-refractivity contribution in [3.05, 3.63) is 0 Å². The molecule has 0 aromatic carbocycles. The molecule has 7 heteroatoms. The van der Waals surface area contributed by atoms with Crippen LogP contribution < -0.4 is 10.6 Å². The Labute approximate surface area is 84.2 Å². The van der Waals surface area contributed by atoms with Gasteiger partial charge in [-0.15, -0.1) is 0 Å². The molecular formula is C8H11F3N2O2. The van der Waals surface area contributed by atoms with E-state index in [1.165, 1.54) is 0 Å². The van der Waals surface area contributed by atoms with Crippen molar-refractivity contribution in [1.29, 1.82) is 0 Å². The summed E-state index contributed by atoms with van der Waals surface area (Å²) < 4.78 is 35.0. The van der Waals surface area contributed by atoms with Crippen LogP contribution in [0.5, 0.6) is 0 Å². The molecular weight excluding hydrogens is 213 g/mol. The van der Waals surface area contributed by atoms with Gasteiger partial charge in [0.2, 0.25) is 5.91 Å². The van der Waals surface area contributed by atoms with Gasteiger partial charge < -0.3 is 10.6 Å². The first kappa shape index (κ1) is 11.8. The highest BCUT2D eigenvalue weighted by molar-refractivity contribution is 5.82. The van der Waals surface area contributed by atoms with Crippen molar-refractivity contribution >= 4 is 11.8 Å². The number of hydrogen-bond donors (Lipinski definition) is 2. The Balaban J connectivity index is 2.06. The minimum Gasteiger partial charge on any atom is -0.354 e. The molecule has 2 amide bonds. The van der Waals surface area contributed by atoms with Crippen LogP contribution in [0.15, 0.2) is 0 Å². The number of amides is 2. The number of rotatable bonds is 4. The summed E-state index contributed by atoms with van der Waals surface area (Å²) in [5.74, 6) is -2.12. The molecule has 0 spiro atoms. The first-order valence-corrected chi connectivity index (χ1v) is 4.54. The van der Waals surface area contributed by atoms with Gasteiger partial charge >= 0.3 is 12.1 Å². The third-order valence-electron chi connectivity index (χ3n) is 1.92. The van der Waals surface area contributed by atoms with E-state index in [2.05, 4.69) is 5.32 Å². The predicted octanol–water partition coefficient (Wildman–Crippen LogP) is 0.191. The molecule has 4 nitrogen and oxygen atoms in total. The van der Waals surface area contributed by atoms with E-state index in [0.717, 1.165) is 12.8 Å². The van der Waals surface area contributed by atoms with Crippen LogP contribution in [0.25, 0.3) is 0 Å². The summed E-state index contributed by atoms with van der Waals surface area (Å²) in [6.45, 7) is -0.187. The van der Waals surface area contributed by atoms with E-state index in [1.54, 1.807) is 5.32 Å². The fourth-order valence-corrected chi connectivity index (χ4v) is 0.952. The smallest absolute Gasteiger partial charge is 0.354 e. The van der Waals surface area contributed by atoms with E-state index >= 15 is 0 Å². The summed E-state index contributed by atoms with van der Waals surface area (Å²) in [4.78, 5) is 21.3. The molecule has 0 aromatic rings. The highest BCUT2D eigenvalue weighted by Gasteiger charge is 2.38. The normalized spacial score (nSPS) is 15.9. The highest BCUT2D eigenvalue weighted by Crippen LogP contribution is 2.28. The lowest BCUT2D eigenvalue weighted by Gasteiger charge is -2.08. The minimum absolute atomic E-state index is 0.0170. The zero-order valence-electron chi connectivity index (χ0n) is 7.86. The lowest BCUT2D eigenvalue weighted by molar-refractivity contribution is -0.173. The van der Waals surface area contributed by atoms with Crippen molar-refractivity contribution in [2.24, 2.45) is 5.92 Å². The molecule has 2 N–H and O–H groups in total. The molecule has 0 saturated heterocycles. The Morgan fingerprint density at radius 2 is 1.67 bits per heavy atom. The van der Waals surface area contributed by atoms with Crippen LogP contribution >= 0.6 is 0 Å². The largest absolute Gasteiger partial charge is 0.471 e. The lowest BCUT2D eigenvalue weighted by atomic mass is 10.4. The van der Waals surface area contributed by atoms with Crippen LogP contribution in [-0.4, -0.2) is 31.1 Å². The number of carbonyl (C=O) groups excluding carboxylic acids is 2. The molecule has 0 heterocycles. The van der Waals surface area contributed by atoms with Crippen molar-refractivity contribution < 1.29 is 22.8 Å². The third-order valence-corrected chi connectivity index (χ3v) is 1.92. The van der Waals surface area contributed by atoms with E-state index in [0.29, 0.717) is 0 Å². The van der Waals surface area contributed by atoms with E-state index in [-0.39, 0.29) is 24.9 Å². The molecule has 0 unspecified atom stereocenters. The molecule has 1 aliphatic carbocycles. The summed E-state index contributed by atoms with van der Waals surface area (Å²) in [6.07, 6.45) is -3.19. The molecule has 0 atom stereocenters. The Hall–Kier alpha value is -1.27. The average molecular weight is 224 g/mol. The van der Waals surface area contributed by atoms with E-state index in [1.807, 2.05) is 0 Å². The maximum absolute atomic E-state index is 11.7. The lowest BCUT2D eigenvalue weighted by Crippen LogP contribution is -2.41. The Morgan fingerprint density at radius 3 is 2.13 bits per heavy atom. The van der Waals surface area contributed by atoms with Crippen LogP contribution in [0, 0.1) is 5.92 Å². The minimum atomic E-state index is -4.86. The highest BCUT2D eigenvalue weighted by atomic mass is 19.4.